The Kier molecular flexibility index (Phi) is 3.72. The minimum atomic E-state index is -0.0948. The summed E-state index contributed by atoms with van der Waals surface area (Å²) < 4.78 is 0. The molecular weight excluding hydrogens is 188 g/mol. The van der Waals surface area contributed by atoms with Gasteiger partial charge in [0.2, 0.25) is 0 Å². The van der Waals surface area contributed by atoms with E-state index in [-0.39, 0.29) is 6.03 Å². The summed E-state index contributed by atoms with van der Waals surface area (Å²) in [5.41, 5.74) is 3.37. The molecule has 0 saturated heterocycles. The van der Waals surface area contributed by atoms with Gasteiger partial charge in [0.1, 0.15) is 0 Å². The summed E-state index contributed by atoms with van der Waals surface area (Å²) in [6, 6.07) is 6.10. The molecule has 0 unspecified atom stereocenters. The number of amides is 2. The normalized spacial score (nSPS) is 9.87. The van der Waals surface area contributed by atoms with Crippen LogP contribution in [0.3, 0.4) is 0 Å². The molecule has 1 rings (SSSR count). The Bertz CT molecular complexity index is 361. The van der Waals surface area contributed by atoms with Gasteiger partial charge >= 0.3 is 6.03 Å². The fourth-order valence-electron chi connectivity index (χ4n) is 1.52. The van der Waals surface area contributed by atoms with Crippen molar-refractivity contribution in [2.24, 2.45) is 0 Å². The third kappa shape index (κ3) is 2.72. The van der Waals surface area contributed by atoms with Crippen LogP contribution in [0.15, 0.2) is 18.2 Å². The van der Waals surface area contributed by atoms with Crippen LogP contribution in [0.25, 0.3) is 0 Å². The van der Waals surface area contributed by atoms with E-state index in [1.165, 1.54) is 11.1 Å². The molecule has 1 aromatic carbocycles. The van der Waals surface area contributed by atoms with Gasteiger partial charge in [-0.15, -0.1) is 0 Å². The number of nitrogens with one attached hydrogen (secondary N) is 1. The molecule has 2 amide bonds. The molecule has 82 valence electrons. The minimum absolute atomic E-state index is 0.0948. The second kappa shape index (κ2) is 4.82. The second-order valence-electron chi connectivity index (χ2n) is 3.64. The zero-order chi connectivity index (χ0) is 11.4. The lowest BCUT2D eigenvalue weighted by molar-refractivity contribution is 0.249. The van der Waals surface area contributed by atoms with Crippen molar-refractivity contribution in [3.05, 3.63) is 29.3 Å². The smallest absolute Gasteiger partial charge is 0.321 e. The number of benzene rings is 1. The van der Waals surface area contributed by atoms with Gasteiger partial charge in [-0.3, -0.25) is 4.90 Å². The Morgan fingerprint density at radius 3 is 2.60 bits per heavy atom. The monoisotopic (exact) mass is 206 g/mol. The largest absolute Gasteiger partial charge is 0.341 e. The lowest BCUT2D eigenvalue weighted by atomic mass is 10.1. The number of anilines is 1. The minimum Gasteiger partial charge on any atom is -0.341 e. The van der Waals surface area contributed by atoms with E-state index in [2.05, 4.69) is 18.3 Å². The van der Waals surface area contributed by atoms with Crippen LogP contribution in [0.2, 0.25) is 0 Å². The highest BCUT2D eigenvalue weighted by molar-refractivity contribution is 5.91. The molecule has 0 bridgehead atoms. The summed E-state index contributed by atoms with van der Waals surface area (Å²) in [6.45, 7) is 4.15. The first-order valence-corrected chi connectivity index (χ1v) is 5.14. The van der Waals surface area contributed by atoms with Crippen LogP contribution in [0.5, 0.6) is 0 Å². The highest BCUT2D eigenvalue weighted by Crippen LogP contribution is 2.18. The van der Waals surface area contributed by atoms with E-state index < -0.39 is 0 Å². The first-order valence-electron chi connectivity index (χ1n) is 5.14. The average Bonchev–Trinajstić information content (AvgIpc) is 2.26. The number of urea groups is 1. The van der Waals surface area contributed by atoms with Gasteiger partial charge in [-0.25, -0.2) is 4.79 Å². The van der Waals surface area contributed by atoms with Gasteiger partial charge in [-0.05, 0) is 36.6 Å². The van der Waals surface area contributed by atoms with E-state index in [1.807, 2.05) is 19.1 Å². The fourth-order valence-corrected chi connectivity index (χ4v) is 1.52. The third-order valence-electron chi connectivity index (χ3n) is 2.44. The Morgan fingerprint density at radius 2 is 2.07 bits per heavy atom. The van der Waals surface area contributed by atoms with Crippen LogP contribution >= 0.6 is 0 Å². The van der Waals surface area contributed by atoms with E-state index in [1.54, 1.807) is 19.0 Å². The number of hydrogen-bond acceptors (Lipinski definition) is 1. The van der Waals surface area contributed by atoms with Crippen LogP contribution in [0.1, 0.15) is 18.1 Å². The number of rotatable bonds is 2. The first kappa shape index (κ1) is 11.6. The molecule has 0 heterocycles. The zero-order valence-electron chi connectivity index (χ0n) is 9.79. The quantitative estimate of drug-likeness (QED) is 0.791. The van der Waals surface area contributed by atoms with E-state index in [0.717, 1.165) is 12.1 Å². The van der Waals surface area contributed by atoms with Crippen LogP contribution in [0.4, 0.5) is 10.5 Å². The lowest BCUT2D eigenvalue weighted by Crippen LogP contribution is -2.34. The number of carbonyl (C=O) groups excluding carboxylic acids is 1. The van der Waals surface area contributed by atoms with Crippen molar-refractivity contribution >= 4 is 11.7 Å². The third-order valence-corrected chi connectivity index (χ3v) is 2.44. The Labute approximate surface area is 91.1 Å². The molecule has 0 radical (unpaired) electrons. The second-order valence-corrected chi connectivity index (χ2v) is 3.64. The standard InChI is InChI=1S/C12H18N2O/c1-5-10-6-9(2)7-11(8-10)14(4)12(15)13-3/h6-8H,5H2,1-4H3,(H,13,15). The van der Waals surface area contributed by atoms with Gasteiger partial charge in [-0.1, -0.05) is 13.0 Å². The number of nitrogens with zero attached hydrogens (tertiary/aromatic N) is 1. The molecule has 0 spiro atoms. The van der Waals surface area contributed by atoms with Gasteiger partial charge in [-0.2, -0.15) is 0 Å². The van der Waals surface area contributed by atoms with Gasteiger partial charge in [0.25, 0.3) is 0 Å². The summed E-state index contributed by atoms with van der Waals surface area (Å²) in [4.78, 5) is 13.1. The molecule has 3 nitrogen and oxygen atoms in total. The molecule has 0 fully saturated rings. The zero-order valence-corrected chi connectivity index (χ0v) is 9.79. The van der Waals surface area contributed by atoms with Gasteiger partial charge in [0.05, 0.1) is 0 Å². The fraction of sp³-hybridized carbons (Fsp3) is 0.417. The molecule has 3 heteroatoms. The van der Waals surface area contributed by atoms with Gasteiger partial charge in [0, 0.05) is 19.8 Å². The molecular formula is C12H18N2O. The number of hydrogen-bond donors (Lipinski definition) is 1. The first-order chi connectivity index (χ1) is 7.08. The van der Waals surface area contributed by atoms with E-state index in [4.69, 9.17) is 0 Å². The molecule has 1 N–H and O–H groups in total. The van der Waals surface area contributed by atoms with Crippen molar-refractivity contribution in [1.82, 2.24) is 5.32 Å². The Hall–Kier alpha value is -1.51. The Balaban J connectivity index is 3.03. The average molecular weight is 206 g/mol. The van der Waals surface area contributed by atoms with Crippen molar-refractivity contribution in [3.8, 4) is 0 Å². The molecule has 0 atom stereocenters. The highest BCUT2D eigenvalue weighted by atomic mass is 16.2. The molecule has 0 aromatic heterocycles. The predicted octanol–water partition coefficient (Wildman–Crippen LogP) is 2.33. The molecule has 1 aromatic rings. The molecule has 0 aliphatic carbocycles. The predicted molar refractivity (Wildman–Crippen MR) is 63.4 cm³/mol. The van der Waals surface area contributed by atoms with Crippen molar-refractivity contribution in [2.75, 3.05) is 19.0 Å². The summed E-state index contributed by atoms with van der Waals surface area (Å²) in [6.07, 6.45) is 0.982. The van der Waals surface area contributed by atoms with Crippen LogP contribution < -0.4 is 10.2 Å². The topological polar surface area (TPSA) is 32.3 Å². The molecule has 15 heavy (non-hydrogen) atoms. The van der Waals surface area contributed by atoms with Crippen molar-refractivity contribution in [2.45, 2.75) is 20.3 Å². The molecule has 0 aliphatic rings. The summed E-state index contributed by atoms with van der Waals surface area (Å²) >= 11 is 0. The SMILES string of the molecule is CCc1cc(C)cc(N(C)C(=O)NC)c1. The summed E-state index contributed by atoms with van der Waals surface area (Å²) in [7, 11) is 3.41. The number of carbonyl (C=O) groups is 1. The van der Waals surface area contributed by atoms with E-state index >= 15 is 0 Å². The maximum absolute atomic E-state index is 11.4. The Morgan fingerprint density at radius 1 is 1.40 bits per heavy atom. The number of aryl methyl sites for hydroxylation is 2. The van der Waals surface area contributed by atoms with Crippen LogP contribution in [-0.4, -0.2) is 20.1 Å². The van der Waals surface area contributed by atoms with Crippen LogP contribution in [0, 0.1) is 6.92 Å². The van der Waals surface area contributed by atoms with Crippen molar-refractivity contribution < 1.29 is 4.79 Å². The van der Waals surface area contributed by atoms with E-state index in [0.29, 0.717) is 0 Å². The van der Waals surface area contributed by atoms with Crippen LogP contribution in [-0.2, 0) is 6.42 Å². The van der Waals surface area contributed by atoms with Gasteiger partial charge in [0.15, 0.2) is 0 Å². The maximum Gasteiger partial charge on any atom is 0.321 e. The summed E-state index contributed by atoms with van der Waals surface area (Å²) in [5.74, 6) is 0. The summed E-state index contributed by atoms with van der Waals surface area (Å²) in [5, 5.41) is 2.61. The molecule has 0 saturated carbocycles. The van der Waals surface area contributed by atoms with E-state index in [9.17, 15) is 4.79 Å². The van der Waals surface area contributed by atoms with Gasteiger partial charge < -0.3 is 5.32 Å². The highest BCUT2D eigenvalue weighted by Gasteiger charge is 2.09. The van der Waals surface area contributed by atoms with Crippen molar-refractivity contribution in [3.63, 3.8) is 0 Å². The molecule has 0 aliphatic heterocycles. The van der Waals surface area contributed by atoms with Crippen molar-refractivity contribution in [1.29, 1.82) is 0 Å². The maximum atomic E-state index is 11.4. The lowest BCUT2D eigenvalue weighted by Gasteiger charge is -2.18.